The normalized spacial score (nSPS) is 10.8. The van der Waals surface area contributed by atoms with Crippen molar-refractivity contribution in [3.8, 4) is 16.9 Å². The maximum absolute atomic E-state index is 5.67. The molecule has 2 aromatic carbocycles. The molecule has 20 heavy (non-hydrogen) atoms. The summed E-state index contributed by atoms with van der Waals surface area (Å²) in [5, 5.41) is 0. The zero-order valence-corrected chi connectivity index (χ0v) is 12.5. The maximum Gasteiger partial charge on any atom is 0.122 e. The molecular weight excluding hydrogens is 246 g/mol. The van der Waals surface area contributed by atoms with E-state index in [4.69, 9.17) is 10.5 Å². The fourth-order valence-corrected chi connectivity index (χ4v) is 2.37. The molecule has 0 amide bonds. The van der Waals surface area contributed by atoms with Crippen molar-refractivity contribution in [2.75, 3.05) is 13.7 Å². The lowest BCUT2D eigenvalue weighted by atomic mass is 9.97. The highest BCUT2D eigenvalue weighted by molar-refractivity contribution is 5.66. The summed E-state index contributed by atoms with van der Waals surface area (Å²) in [4.78, 5) is 0. The van der Waals surface area contributed by atoms with E-state index in [9.17, 15) is 0 Å². The second-order valence-electron chi connectivity index (χ2n) is 5.34. The van der Waals surface area contributed by atoms with E-state index in [1.165, 1.54) is 22.3 Å². The number of ether oxygens (including phenoxy) is 1. The van der Waals surface area contributed by atoms with Gasteiger partial charge in [0, 0.05) is 0 Å². The zero-order chi connectivity index (χ0) is 14.5. The van der Waals surface area contributed by atoms with Crippen LogP contribution in [0, 0.1) is 0 Å². The Morgan fingerprint density at radius 1 is 1.00 bits per heavy atom. The van der Waals surface area contributed by atoms with Crippen molar-refractivity contribution in [1.82, 2.24) is 0 Å². The van der Waals surface area contributed by atoms with Crippen LogP contribution in [0.25, 0.3) is 11.1 Å². The van der Waals surface area contributed by atoms with Gasteiger partial charge in [-0.25, -0.2) is 0 Å². The topological polar surface area (TPSA) is 35.2 Å². The quantitative estimate of drug-likeness (QED) is 0.891. The molecule has 2 heteroatoms. The van der Waals surface area contributed by atoms with Gasteiger partial charge in [-0.15, -0.1) is 0 Å². The first-order chi connectivity index (χ1) is 9.65. The van der Waals surface area contributed by atoms with Crippen molar-refractivity contribution in [3.63, 3.8) is 0 Å². The van der Waals surface area contributed by atoms with Gasteiger partial charge in [-0.2, -0.15) is 0 Å². The van der Waals surface area contributed by atoms with Crippen LogP contribution in [0.1, 0.15) is 30.9 Å². The Bertz CT molecular complexity index is 558. The average Bonchev–Trinajstić information content (AvgIpc) is 2.47. The highest BCUT2D eigenvalue weighted by Crippen LogP contribution is 2.28. The van der Waals surface area contributed by atoms with Gasteiger partial charge in [0.25, 0.3) is 0 Å². The standard InChI is InChI=1S/C18H23NO/c1-13(2)14-4-6-15(7-5-14)16-8-9-18(20-3)17(12-16)10-11-19/h4-9,12-13H,10-11,19H2,1-3H3. The minimum atomic E-state index is 0.563. The van der Waals surface area contributed by atoms with Crippen LogP contribution in [0.3, 0.4) is 0 Å². The van der Waals surface area contributed by atoms with Crippen LogP contribution < -0.4 is 10.5 Å². The molecule has 0 aliphatic carbocycles. The van der Waals surface area contributed by atoms with Gasteiger partial charge in [0.05, 0.1) is 7.11 Å². The smallest absolute Gasteiger partial charge is 0.122 e. The largest absolute Gasteiger partial charge is 0.496 e. The van der Waals surface area contributed by atoms with E-state index in [1.807, 2.05) is 6.07 Å². The van der Waals surface area contributed by atoms with Gasteiger partial charge in [-0.1, -0.05) is 44.2 Å². The molecule has 0 radical (unpaired) electrons. The van der Waals surface area contributed by atoms with Crippen LogP contribution in [-0.2, 0) is 6.42 Å². The van der Waals surface area contributed by atoms with Crippen molar-refractivity contribution in [2.45, 2.75) is 26.2 Å². The molecule has 0 bridgehead atoms. The molecule has 0 fully saturated rings. The predicted octanol–water partition coefficient (Wildman–Crippen LogP) is 3.99. The Morgan fingerprint density at radius 2 is 1.65 bits per heavy atom. The molecule has 106 valence electrons. The Morgan fingerprint density at radius 3 is 2.20 bits per heavy atom. The summed E-state index contributed by atoms with van der Waals surface area (Å²) >= 11 is 0. The fourth-order valence-electron chi connectivity index (χ4n) is 2.37. The minimum Gasteiger partial charge on any atom is -0.496 e. The Hall–Kier alpha value is -1.80. The van der Waals surface area contributed by atoms with E-state index >= 15 is 0 Å². The Labute approximate surface area is 121 Å². The summed E-state index contributed by atoms with van der Waals surface area (Å²) in [5.74, 6) is 1.48. The van der Waals surface area contributed by atoms with Crippen LogP contribution in [0.4, 0.5) is 0 Å². The molecule has 2 N–H and O–H groups in total. The molecule has 0 saturated carbocycles. The van der Waals surface area contributed by atoms with E-state index in [2.05, 4.69) is 50.2 Å². The molecule has 0 aliphatic rings. The van der Waals surface area contributed by atoms with Crippen molar-refractivity contribution in [3.05, 3.63) is 53.6 Å². The van der Waals surface area contributed by atoms with Crippen molar-refractivity contribution in [2.24, 2.45) is 5.73 Å². The lowest BCUT2D eigenvalue weighted by Gasteiger charge is -2.11. The Balaban J connectivity index is 2.34. The second-order valence-corrected chi connectivity index (χ2v) is 5.34. The van der Waals surface area contributed by atoms with E-state index in [0.717, 1.165) is 12.2 Å². The lowest BCUT2D eigenvalue weighted by Crippen LogP contribution is -2.04. The predicted molar refractivity (Wildman–Crippen MR) is 85.3 cm³/mol. The summed E-state index contributed by atoms with van der Waals surface area (Å²) < 4.78 is 5.38. The lowest BCUT2D eigenvalue weighted by molar-refractivity contribution is 0.410. The number of rotatable bonds is 5. The van der Waals surface area contributed by atoms with Gasteiger partial charge in [-0.3, -0.25) is 0 Å². The molecule has 0 saturated heterocycles. The first kappa shape index (κ1) is 14.6. The van der Waals surface area contributed by atoms with Crippen molar-refractivity contribution < 1.29 is 4.74 Å². The van der Waals surface area contributed by atoms with Gasteiger partial charge in [0.15, 0.2) is 0 Å². The summed E-state index contributed by atoms with van der Waals surface area (Å²) in [6, 6.07) is 15.1. The third-order valence-electron chi connectivity index (χ3n) is 3.60. The van der Waals surface area contributed by atoms with Gasteiger partial charge in [0.2, 0.25) is 0 Å². The summed E-state index contributed by atoms with van der Waals surface area (Å²) in [7, 11) is 1.70. The van der Waals surface area contributed by atoms with Crippen LogP contribution >= 0.6 is 0 Å². The van der Waals surface area contributed by atoms with Crippen molar-refractivity contribution in [1.29, 1.82) is 0 Å². The SMILES string of the molecule is COc1ccc(-c2ccc(C(C)C)cc2)cc1CCN. The van der Waals surface area contributed by atoms with E-state index in [1.54, 1.807) is 7.11 Å². The van der Waals surface area contributed by atoms with Gasteiger partial charge in [0.1, 0.15) is 5.75 Å². The van der Waals surface area contributed by atoms with E-state index in [0.29, 0.717) is 12.5 Å². The minimum absolute atomic E-state index is 0.563. The second kappa shape index (κ2) is 6.58. The van der Waals surface area contributed by atoms with E-state index in [-0.39, 0.29) is 0 Å². The van der Waals surface area contributed by atoms with Gasteiger partial charge in [-0.05, 0) is 53.3 Å². The van der Waals surface area contributed by atoms with Crippen LogP contribution in [-0.4, -0.2) is 13.7 Å². The number of nitrogens with two attached hydrogens (primary N) is 1. The fraction of sp³-hybridized carbons (Fsp3) is 0.333. The first-order valence-corrected chi connectivity index (χ1v) is 7.13. The molecule has 0 atom stereocenters. The molecule has 2 nitrogen and oxygen atoms in total. The molecule has 0 spiro atoms. The third kappa shape index (κ3) is 3.20. The summed E-state index contributed by atoms with van der Waals surface area (Å²) in [5.41, 5.74) is 10.6. The highest BCUT2D eigenvalue weighted by Gasteiger charge is 2.06. The third-order valence-corrected chi connectivity index (χ3v) is 3.60. The Kier molecular flexibility index (Phi) is 4.80. The average molecular weight is 269 g/mol. The van der Waals surface area contributed by atoms with Gasteiger partial charge < -0.3 is 10.5 Å². The summed E-state index contributed by atoms with van der Waals surface area (Å²) in [6.07, 6.45) is 0.834. The molecular formula is C18H23NO. The van der Waals surface area contributed by atoms with Crippen LogP contribution in [0.2, 0.25) is 0 Å². The van der Waals surface area contributed by atoms with Crippen molar-refractivity contribution >= 4 is 0 Å². The van der Waals surface area contributed by atoms with E-state index < -0.39 is 0 Å². The molecule has 0 unspecified atom stereocenters. The number of hydrogen-bond acceptors (Lipinski definition) is 2. The van der Waals surface area contributed by atoms with Crippen LogP contribution in [0.5, 0.6) is 5.75 Å². The number of methoxy groups -OCH3 is 1. The molecule has 2 rings (SSSR count). The molecule has 2 aromatic rings. The highest BCUT2D eigenvalue weighted by atomic mass is 16.5. The molecule has 0 heterocycles. The van der Waals surface area contributed by atoms with Crippen LogP contribution in [0.15, 0.2) is 42.5 Å². The molecule has 0 aromatic heterocycles. The first-order valence-electron chi connectivity index (χ1n) is 7.13. The zero-order valence-electron chi connectivity index (χ0n) is 12.5. The monoisotopic (exact) mass is 269 g/mol. The maximum atomic E-state index is 5.67. The number of benzene rings is 2. The molecule has 0 aliphatic heterocycles. The van der Waals surface area contributed by atoms with Gasteiger partial charge >= 0.3 is 0 Å². The summed E-state index contributed by atoms with van der Waals surface area (Å²) in [6.45, 7) is 5.05. The number of hydrogen-bond donors (Lipinski definition) is 1.